The fraction of sp³-hybridized carbons (Fsp3) is 0.316. The standard InChI is InChI=1S/C19H20FNO/c1-14-8-7-11-16(20)18(14)19(22)21-13-6-5-12-17(21)15-9-3-2-4-10-15/h2-4,7-11,17H,5-6,12-13H2,1H3/t17-/m1/s1. The van der Waals surface area contributed by atoms with Crippen molar-refractivity contribution >= 4 is 5.91 Å². The van der Waals surface area contributed by atoms with Gasteiger partial charge in [-0.05, 0) is 43.4 Å². The number of piperidine rings is 1. The molecular formula is C19H20FNO. The van der Waals surface area contributed by atoms with E-state index >= 15 is 0 Å². The van der Waals surface area contributed by atoms with Crippen LogP contribution < -0.4 is 0 Å². The molecule has 1 atom stereocenters. The Morgan fingerprint density at radius 1 is 1.09 bits per heavy atom. The van der Waals surface area contributed by atoms with Crippen LogP contribution >= 0.6 is 0 Å². The van der Waals surface area contributed by atoms with E-state index in [0.717, 1.165) is 24.8 Å². The Bertz CT molecular complexity index is 648. The van der Waals surface area contributed by atoms with Crippen LogP contribution in [0, 0.1) is 12.7 Å². The number of hydrogen-bond acceptors (Lipinski definition) is 1. The number of rotatable bonds is 2. The SMILES string of the molecule is Cc1cccc(F)c1C(=O)N1CCCC[C@@H]1c1ccccc1. The molecule has 0 spiro atoms. The van der Waals surface area contributed by atoms with Gasteiger partial charge in [0.2, 0.25) is 0 Å². The molecule has 1 aliphatic rings. The van der Waals surface area contributed by atoms with Crippen LogP contribution in [0.4, 0.5) is 4.39 Å². The summed E-state index contributed by atoms with van der Waals surface area (Å²) in [5.74, 6) is -0.619. The number of benzene rings is 2. The van der Waals surface area contributed by atoms with Crippen molar-refractivity contribution in [3.8, 4) is 0 Å². The molecule has 0 radical (unpaired) electrons. The first-order chi connectivity index (χ1) is 10.7. The summed E-state index contributed by atoms with van der Waals surface area (Å²) in [5.41, 5.74) is 2.04. The highest BCUT2D eigenvalue weighted by molar-refractivity contribution is 5.96. The zero-order chi connectivity index (χ0) is 15.5. The lowest BCUT2D eigenvalue weighted by Crippen LogP contribution is -2.39. The number of carbonyl (C=O) groups is 1. The molecule has 1 saturated heterocycles. The summed E-state index contributed by atoms with van der Waals surface area (Å²) in [5, 5.41) is 0. The van der Waals surface area contributed by atoms with Gasteiger partial charge in [0.15, 0.2) is 0 Å². The molecule has 0 N–H and O–H groups in total. The lowest BCUT2D eigenvalue weighted by atomic mass is 9.94. The summed E-state index contributed by atoms with van der Waals surface area (Å²) >= 11 is 0. The van der Waals surface area contributed by atoms with Crippen LogP contribution in [-0.2, 0) is 0 Å². The normalized spacial score (nSPS) is 18.3. The average molecular weight is 297 g/mol. The topological polar surface area (TPSA) is 20.3 Å². The highest BCUT2D eigenvalue weighted by Crippen LogP contribution is 2.32. The van der Waals surface area contributed by atoms with Crippen molar-refractivity contribution in [2.24, 2.45) is 0 Å². The lowest BCUT2D eigenvalue weighted by molar-refractivity contribution is 0.0606. The molecule has 2 nitrogen and oxygen atoms in total. The van der Waals surface area contributed by atoms with E-state index in [4.69, 9.17) is 0 Å². The number of carbonyl (C=O) groups excluding carboxylic acids is 1. The number of aryl methyl sites for hydroxylation is 1. The number of likely N-dealkylation sites (tertiary alicyclic amines) is 1. The van der Waals surface area contributed by atoms with Gasteiger partial charge >= 0.3 is 0 Å². The summed E-state index contributed by atoms with van der Waals surface area (Å²) in [7, 11) is 0. The molecule has 0 saturated carbocycles. The Hall–Kier alpha value is -2.16. The first-order valence-corrected chi connectivity index (χ1v) is 7.79. The molecule has 0 bridgehead atoms. The maximum absolute atomic E-state index is 14.1. The van der Waals surface area contributed by atoms with E-state index in [1.54, 1.807) is 19.1 Å². The van der Waals surface area contributed by atoms with Crippen molar-refractivity contribution in [3.63, 3.8) is 0 Å². The van der Waals surface area contributed by atoms with E-state index in [1.807, 2.05) is 35.2 Å². The second kappa shape index (κ2) is 6.30. The Morgan fingerprint density at radius 2 is 1.86 bits per heavy atom. The molecule has 1 amide bonds. The van der Waals surface area contributed by atoms with E-state index in [9.17, 15) is 9.18 Å². The Morgan fingerprint density at radius 3 is 2.59 bits per heavy atom. The van der Waals surface area contributed by atoms with Crippen molar-refractivity contribution in [2.45, 2.75) is 32.2 Å². The summed E-state index contributed by atoms with van der Waals surface area (Å²) in [6.07, 6.45) is 3.01. The van der Waals surface area contributed by atoms with Crippen LogP contribution in [0.3, 0.4) is 0 Å². The molecule has 1 fully saturated rings. The molecule has 2 aromatic rings. The van der Waals surface area contributed by atoms with Crippen LogP contribution in [0.15, 0.2) is 48.5 Å². The molecule has 3 heteroatoms. The molecular weight excluding hydrogens is 277 g/mol. The van der Waals surface area contributed by atoms with Crippen LogP contribution in [0.2, 0.25) is 0 Å². The van der Waals surface area contributed by atoms with Gasteiger partial charge in [0, 0.05) is 6.54 Å². The van der Waals surface area contributed by atoms with Gasteiger partial charge in [0.25, 0.3) is 5.91 Å². The van der Waals surface area contributed by atoms with Gasteiger partial charge in [-0.2, -0.15) is 0 Å². The predicted octanol–water partition coefficient (Wildman–Crippen LogP) is 4.50. The Balaban J connectivity index is 1.96. The lowest BCUT2D eigenvalue weighted by Gasteiger charge is -2.36. The van der Waals surface area contributed by atoms with Crippen molar-refractivity contribution in [2.75, 3.05) is 6.54 Å². The van der Waals surface area contributed by atoms with Gasteiger partial charge in [-0.25, -0.2) is 4.39 Å². The minimum atomic E-state index is -0.428. The maximum Gasteiger partial charge on any atom is 0.257 e. The number of amides is 1. The highest BCUT2D eigenvalue weighted by Gasteiger charge is 2.30. The summed E-state index contributed by atoms with van der Waals surface area (Å²) < 4.78 is 14.1. The quantitative estimate of drug-likeness (QED) is 0.799. The van der Waals surface area contributed by atoms with Crippen molar-refractivity contribution < 1.29 is 9.18 Å². The minimum Gasteiger partial charge on any atom is -0.332 e. The molecule has 1 heterocycles. The monoisotopic (exact) mass is 297 g/mol. The number of hydrogen-bond donors (Lipinski definition) is 0. The highest BCUT2D eigenvalue weighted by atomic mass is 19.1. The molecule has 0 unspecified atom stereocenters. The minimum absolute atomic E-state index is 0.0430. The molecule has 22 heavy (non-hydrogen) atoms. The van der Waals surface area contributed by atoms with Crippen molar-refractivity contribution in [3.05, 3.63) is 71.0 Å². The third-order valence-corrected chi connectivity index (χ3v) is 4.38. The number of nitrogens with zero attached hydrogens (tertiary/aromatic N) is 1. The first kappa shape index (κ1) is 14.8. The number of halogens is 1. The van der Waals surface area contributed by atoms with Gasteiger partial charge in [-0.3, -0.25) is 4.79 Å². The fourth-order valence-electron chi connectivity index (χ4n) is 3.24. The van der Waals surface area contributed by atoms with Crippen LogP contribution in [0.25, 0.3) is 0 Å². The molecule has 0 aliphatic carbocycles. The van der Waals surface area contributed by atoms with Crippen LogP contribution in [0.1, 0.15) is 46.8 Å². The largest absolute Gasteiger partial charge is 0.332 e. The zero-order valence-corrected chi connectivity index (χ0v) is 12.8. The Kier molecular flexibility index (Phi) is 4.23. The van der Waals surface area contributed by atoms with E-state index < -0.39 is 5.82 Å². The van der Waals surface area contributed by atoms with Gasteiger partial charge < -0.3 is 4.90 Å². The van der Waals surface area contributed by atoms with Gasteiger partial charge in [-0.15, -0.1) is 0 Å². The Labute approximate surface area is 130 Å². The molecule has 0 aromatic heterocycles. The van der Waals surface area contributed by atoms with Crippen molar-refractivity contribution in [1.29, 1.82) is 0 Å². The zero-order valence-electron chi connectivity index (χ0n) is 12.8. The van der Waals surface area contributed by atoms with Crippen LogP contribution in [0.5, 0.6) is 0 Å². The van der Waals surface area contributed by atoms with Crippen molar-refractivity contribution in [1.82, 2.24) is 4.90 Å². The molecule has 2 aromatic carbocycles. The maximum atomic E-state index is 14.1. The molecule has 1 aliphatic heterocycles. The second-order valence-corrected chi connectivity index (χ2v) is 5.85. The van der Waals surface area contributed by atoms with E-state index in [0.29, 0.717) is 12.1 Å². The summed E-state index contributed by atoms with van der Waals surface area (Å²) in [6.45, 7) is 2.48. The third kappa shape index (κ3) is 2.76. The van der Waals surface area contributed by atoms with Gasteiger partial charge in [0.05, 0.1) is 11.6 Å². The third-order valence-electron chi connectivity index (χ3n) is 4.38. The molecule has 114 valence electrons. The van der Waals surface area contributed by atoms with Gasteiger partial charge in [0.1, 0.15) is 5.82 Å². The summed E-state index contributed by atoms with van der Waals surface area (Å²) in [6, 6.07) is 14.9. The fourth-order valence-corrected chi connectivity index (χ4v) is 3.24. The van der Waals surface area contributed by atoms with Gasteiger partial charge in [-0.1, -0.05) is 42.5 Å². The van der Waals surface area contributed by atoms with E-state index in [1.165, 1.54) is 6.07 Å². The summed E-state index contributed by atoms with van der Waals surface area (Å²) in [4.78, 5) is 14.7. The second-order valence-electron chi connectivity index (χ2n) is 5.85. The average Bonchev–Trinajstić information content (AvgIpc) is 2.55. The van der Waals surface area contributed by atoms with E-state index in [2.05, 4.69) is 0 Å². The predicted molar refractivity (Wildman–Crippen MR) is 85.2 cm³/mol. The first-order valence-electron chi connectivity index (χ1n) is 7.79. The van der Waals surface area contributed by atoms with Crippen LogP contribution in [-0.4, -0.2) is 17.4 Å². The van der Waals surface area contributed by atoms with E-state index in [-0.39, 0.29) is 17.5 Å². The molecule has 3 rings (SSSR count). The smallest absolute Gasteiger partial charge is 0.257 e.